The van der Waals surface area contributed by atoms with Crippen LogP contribution in [-0.2, 0) is 10.2 Å². The molecule has 0 aliphatic heterocycles. The molecule has 0 aromatic carbocycles. The van der Waals surface area contributed by atoms with Crippen molar-refractivity contribution in [1.82, 2.24) is 15.3 Å². The predicted octanol–water partition coefficient (Wildman–Crippen LogP) is 1.56. The Hall–Kier alpha value is -1.85. The molecule has 1 heterocycles. The van der Waals surface area contributed by atoms with Crippen LogP contribution < -0.4 is 16.0 Å². The summed E-state index contributed by atoms with van der Waals surface area (Å²) in [6.07, 6.45) is 0. The van der Waals surface area contributed by atoms with Crippen molar-refractivity contribution in [3.63, 3.8) is 0 Å². The van der Waals surface area contributed by atoms with E-state index in [4.69, 9.17) is 5.73 Å². The highest BCUT2D eigenvalue weighted by atomic mass is 16.2. The van der Waals surface area contributed by atoms with Crippen LogP contribution in [0.2, 0.25) is 0 Å². The van der Waals surface area contributed by atoms with E-state index in [0.29, 0.717) is 29.9 Å². The second-order valence-corrected chi connectivity index (χ2v) is 6.78. The Bertz CT molecular complexity index is 493. The van der Waals surface area contributed by atoms with Crippen molar-refractivity contribution in [3.05, 3.63) is 11.9 Å². The molecule has 0 saturated carbocycles. The minimum Gasteiger partial charge on any atom is -0.384 e. The highest BCUT2D eigenvalue weighted by Crippen LogP contribution is 2.22. The van der Waals surface area contributed by atoms with Gasteiger partial charge in [0.15, 0.2) is 0 Å². The largest absolute Gasteiger partial charge is 0.384 e. The van der Waals surface area contributed by atoms with Gasteiger partial charge in [-0.2, -0.15) is 0 Å². The first-order valence-electron chi connectivity index (χ1n) is 7.22. The van der Waals surface area contributed by atoms with E-state index >= 15 is 0 Å². The van der Waals surface area contributed by atoms with Crippen molar-refractivity contribution in [3.8, 4) is 0 Å². The molecule has 1 amide bonds. The number of carbonyl (C=O) groups is 1. The first kappa shape index (κ1) is 17.2. The second-order valence-electron chi connectivity index (χ2n) is 6.78. The molecule has 0 bridgehead atoms. The van der Waals surface area contributed by atoms with Gasteiger partial charge in [0.05, 0.1) is 6.54 Å². The van der Waals surface area contributed by atoms with Crippen LogP contribution in [0.15, 0.2) is 6.07 Å². The molecule has 118 valence electrons. The Morgan fingerprint density at radius 3 is 2.52 bits per heavy atom. The lowest BCUT2D eigenvalue weighted by Crippen LogP contribution is -2.37. The van der Waals surface area contributed by atoms with Crippen molar-refractivity contribution in [2.45, 2.75) is 40.0 Å². The minimum absolute atomic E-state index is 0.0271. The monoisotopic (exact) mass is 293 g/mol. The number of carbonyl (C=O) groups excluding carboxylic acids is 1. The molecule has 0 aliphatic carbocycles. The smallest absolute Gasteiger partial charge is 0.239 e. The van der Waals surface area contributed by atoms with Gasteiger partial charge in [-0.15, -0.1) is 0 Å². The minimum atomic E-state index is -0.190. The lowest BCUT2D eigenvalue weighted by molar-refractivity contribution is -0.119. The quantitative estimate of drug-likeness (QED) is 0.861. The lowest BCUT2D eigenvalue weighted by atomic mass is 9.96. The highest BCUT2D eigenvalue weighted by Gasteiger charge is 2.20. The number of aromatic nitrogens is 2. The van der Waals surface area contributed by atoms with E-state index in [1.54, 1.807) is 11.0 Å². The molecule has 1 rings (SSSR count). The third kappa shape index (κ3) is 5.57. The number of amides is 1. The standard InChI is InChI=1S/C15H27N5O/c1-10(2)8-17-13(21)9-20(6)12-7-11(16)18-14(19-12)15(3,4)5/h7,10H,8-9H2,1-6H3,(H,17,21)(H2,16,18,19). The fourth-order valence-electron chi connectivity index (χ4n) is 1.65. The van der Waals surface area contributed by atoms with Gasteiger partial charge in [-0.05, 0) is 5.92 Å². The number of hydrogen-bond acceptors (Lipinski definition) is 5. The van der Waals surface area contributed by atoms with E-state index in [1.165, 1.54) is 0 Å². The number of nitrogens with zero attached hydrogens (tertiary/aromatic N) is 3. The van der Waals surface area contributed by atoms with Crippen LogP contribution >= 0.6 is 0 Å². The molecule has 6 heteroatoms. The van der Waals surface area contributed by atoms with E-state index in [2.05, 4.69) is 29.1 Å². The number of likely N-dealkylation sites (N-methyl/N-ethyl adjacent to an activating group) is 1. The average Bonchev–Trinajstić information content (AvgIpc) is 2.34. The fourth-order valence-corrected chi connectivity index (χ4v) is 1.65. The maximum absolute atomic E-state index is 11.9. The SMILES string of the molecule is CC(C)CNC(=O)CN(C)c1cc(N)nc(C(C)(C)C)n1. The van der Waals surface area contributed by atoms with Gasteiger partial charge in [0.25, 0.3) is 0 Å². The van der Waals surface area contributed by atoms with E-state index in [0.717, 1.165) is 0 Å². The molecule has 0 fully saturated rings. The molecule has 0 atom stereocenters. The average molecular weight is 293 g/mol. The molecule has 0 unspecified atom stereocenters. The van der Waals surface area contributed by atoms with Crippen molar-refractivity contribution in [2.24, 2.45) is 5.92 Å². The number of anilines is 2. The van der Waals surface area contributed by atoms with Crippen LogP contribution in [-0.4, -0.2) is 36.0 Å². The van der Waals surface area contributed by atoms with E-state index in [1.807, 2.05) is 27.8 Å². The lowest BCUT2D eigenvalue weighted by Gasteiger charge is -2.22. The van der Waals surface area contributed by atoms with Gasteiger partial charge in [-0.3, -0.25) is 4.79 Å². The molecule has 0 saturated heterocycles. The molecule has 6 nitrogen and oxygen atoms in total. The van der Waals surface area contributed by atoms with Crippen molar-refractivity contribution < 1.29 is 4.79 Å². The molecule has 0 aliphatic rings. The van der Waals surface area contributed by atoms with Gasteiger partial charge in [-0.25, -0.2) is 9.97 Å². The van der Waals surface area contributed by atoms with E-state index < -0.39 is 0 Å². The van der Waals surface area contributed by atoms with Crippen LogP contribution in [0.25, 0.3) is 0 Å². The van der Waals surface area contributed by atoms with Crippen LogP contribution in [0.3, 0.4) is 0 Å². The van der Waals surface area contributed by atoms with Gasteiger partial charge in [0.2, 0.25) is 5.91 Å². The summed E-state index contributed by atoms with van der Waals surface area (Å²) in [4.78, 5) is 22.4. The van der Waals surface area contributed by atoms with Gasteiger partial charge in [-0.1, -0.05) is 34.6 Å². The Morgan fingerprint density at radius 1 is 1.38 bits per heavy atom. The predicted molar refractivity (Wildman–Crippen MR) is 86.3 cm³/mol. The van der Waals surface area contributed by atoms with Crippen molar-refractivity contribution >= 4 is 17.5 Å². The highest BCUT2D eigenvalue weighted by molar-refractivity contribution is 5.80. The molecule has 3 N–H and O–H groups in total. The van der Waals surface area contributed by atoms with Crippen molar-refractivity contribution in [2.75, 3.05) is 30.8 Å². The Morgan fingerprint density at radius 2 is 2.00 bits per heavy atom. The summed E-state index contributed by atoms with van der Waals surface area (Å²) < 4.78 is 0. The molecular weight excluding hydrogens is 266 g/mol. The van der Waals surface area contributed by atoms with Crippen LogP contribution in [0.1, 0.15) is 40.4 Å². The zero-order chi connectivity index (χ0) is 16.2. The first-order valence-corrected chi connectivity index (χ1v) is 7.22. The molecule has 1 aromatic rings. The van der Waals surface area contributed by atoms with Gasteiger partial charge in [0, 0.05) is 25.1 Å². The zero-order valence-corrected chi connectivity index (χ0v) is 13.9. The number of rotatable bonds is 5. The summed E-state index contributed by atoms with van der Waals surface area (Å²) in [5.74, 6) is 2.15. The van der Waals surface area contributed by atoms with E-state index in [-0.39, 0.29) is 17.9 Å². The number of nitrogen functional groups attached to an aromatic ring is 1. The third-order valence-corrected chi connectivity index (χ3v) is 2.88. The maximum Gasteiger partial charge on any atom is 0.239 e. The van der Waals surface area contributed by atoms with E-state index in [9.17, 15) is 4.79 Å². The molecule has 21 heavy (non-hydrogen) atoms. The Labute approximate surface area is 127 Å². The van der Waals surface area contributed by atoms with Gasteiger partial charge in [0.1, 0.15) is 17.5 Å². The fraction of sp³-hybridized carbons (Fsp3) is 0.667. The number of nitrogens with one attached hydrogen (secondary N) is 1. The van der Waals surface area contributed by atoms with Gasteiger partial charge < -0.3 is 16.0 Å². The topological polar surface area (TPSA) is 84.1 Å². The third-order valence-electron chi connectivity index (χ3n) is 2.88. The van der Waals surface area contributed by atoms with Crippen LogP contribution in [0.4, 0.5) is 11.6 Å². The molecule has 1 aromatic heterocycles. The number of hydrogen-bond donors (Lipinski definition) is 2. The summed E-state index contributed by atoms with van der Waals surface area (Å²) in [5.41, 5.74) is 5.66. The second kappa shape index (κ2) is 6.74. The van der Waals surface area contributed by atoms with Crippen LogP contribution in [0, 0.1) is 5.92 Å². The zero-order valence-electron chi connectivity index (χ0n) is 13.9. The normalized spacial score (nSPS) is 11.6. The van der Waals surface area contributed by atoms with Crippen LogP contribution in [0.5, 0.6) is 0 Å². The molecule has 0 spiro atoms. The Kier molecular flexibility index (Phi) is 5.52. The van der Waals surface area contributed by atoms with Crippen molar-refractivity contribution in [1.29, 1.82) is 0 Å². The first-order chi connectivity index (χ1) is 9.59. The Balaban J connectivity index is 2.80. The van der Waals surface area contributed by atoms with Gasteiger partial charge >= 0.3 is 0 Å². The summed E-state index contributed by atoms with van der Waals surface area (Å²) in [6.45, 7) is 11.1. The summed E-state index contributed by atoms with van der Waals surface area (Å²) in [7, 11) is 1.82. The summed E-state index contributed by atoms with van der Waals surface area (Å²) >= 11 is 0. The summed E-state index contributed by atoms with van der Waals surface area (Å²) in [6, 6.07) is 1.69. The summed E-state index contributed by atoms with van der Waals surface area (Å²) in [5, 5.41) is 2.89. The number of nitrogens with two attached hydrogens (primary N) is 1. The molecule has 0 radical (unpaired) electrons. The molecular formula is C15H27N5O. The maximum atomic E-state index is 11.9.